The van der Waals surface area contributed by atoms with Gasteiger partial charge in [0.05, 0.1) is 11.3 Å². The van der Waals surface area contributed by atoms with Gasteiger partial charge in [0.2, 0.25) is 11.6 Å². The van der Waals surface area contributed by atoms with Gasteiger partial charge in [-0.1, -0.05) is 19.1 Å². The van der Waals surface area contributed by atoms with Gasteiger partial charge in [-0.15, -0.1) is 0 Å². The molecule has 0 radical (unpaired) electrons. The van der Waals surface area contributed by atoms with E-state index in [9.17, 15) is 19.2 Å². The van der Waals surface area contributed by atoms with Gasteiger partial charge in [-0.2, -0.15) is 0 Å². The molecule has 29 heavy (non-hydrogen) atoms. The standard InChI is InChI=1S/C21H27N3O5/c1-5-14(4)22-17(25)12-29-20(28)21-11-10-18(26)24(21)16-9-7-6-8-15(16)19(27)23(21)13(2)3/h6-9,13-14H,5,10-12H2,1-4H3,(H,22,25)/t14-,21+/m0/s1. The van der Waals surface area contributed by atoms with E-state index in [-0.39, 0.29) is 36.7 Å². The molecule has 8 heteroatoms. The van der Waals surface area contributed by atoms with Crippen LogP contribution < -0.4 is 10.2 Å². The van der Waals surface area contributed by atoms with Gasteiger partial charge in [0, 0.05) is 24.9 Å². The van der Waals surface area contributed by atoms with Crippen molar-refractivity contribution in [1.82, 2.24) is 10.2 Å². The number of para-hydroxylation sites is 1. The van der Waals surface area contributed by atoms with Crippen LogP contribution in [0, 0.1) is 0 Å². The van der Waals surface area contributed by atoms with Crippen molar-refractivity contribution >= 4 is 29.4 Å². The Morgan fingerprint density at radius 1 is 1.21 bits per heavy atom. The summed E-state index contributed by atoms with van der Waals surface area (Å²) >= 11 is 0. The molecule has 156 valence electrons. The molecule has 1 N–H and O–H groups in total. The molecule has 2 aliphatic rings. The SMILES string of the molecule is CC[C@H](C)NC(=O)COC(=O)[C@@]12CCC(=O)N1c1ccccc1C(=O)N2C(C)C. The van der Waals surface area contributed by atoms with Crippen LogP contribution in [0.15, 0.2) is 24.3 Å². The minimum absolute atomic E-state index is 0.0424. The van der Waals surface area contributed by atoms with Crippen LogP contribution in [0.3, 0.4) is 0 Å². The van der Waals surface area contributed by atoms with Crippen LogP contribution in [0.25, 0.3) is 0 Å². The Labute approximate surface area is 170 Å². The third-order valence-corrected chi connectivity index (χ3v) is 5.50. The number of nitrogens with one attached hydrogen (secondary N) is 1. The molecule has 1 saturated heterocycles. The van der Waals surface area contributed by atoms with Gasteiger partial charge in [-0.25, -0.2) is 4.79 Å². The van der Waals surface area contributed by atoms with Crippen LogP contribution in [-0.4, -0.2) is 52.9 Å². The monoisotopic (exact) mass is 401 g/mol. The van der Waals surface area contributed by atoms with E-state index in [0.29, 0.717) is 11.3 Å². The van der Waals surface area contributed by atoms with E-state index in [0.717, 1.165) is 6.42 Å². The lowest BCUT2D eigenvalue weighted by Crippen LogP contribution is -2.70. The Balaban J connectivity index is 1.97. The number of carbonyl (C=O) groups excluding carboxylic acids is 4. The maximum atomic E-state index is 13.3. The molecule has 0 spiro atoms. The number of esters is 1. The highest BCUT2D eigenvalue weighted by Crippen LogP contribution is 2.45. The second-order valence-electron chi connectivity index (χ2n) is 7.78. The number of benzene rings is 1. The third kappa shape index (κ3) is 3.36. The van der Waals surface area contributed by atoms with Gasteiger partial charge >= 0.3 is 5.97 Å². The maximum absolute atomic E-state index is 13.3. The molecule has 3 amide bonds. The third-order valence-electron chi connectivity index (χ3n) is 5.50. The Kier molecular flexibility index (Phi) is 5.64. The highest BCUT2D eigenvalue weighted by atomic mass is 16.5. The molecular formula is C21H27N3O5. The van der Waals surface area contributed by atoms with E-state index in [1.807, 2.05) is 13.8 Å². The smallest absolute Gasteiger partial charge is 0.354 e. The van der Waals surface area contributed by atoms with Gasteiger partial charge in [0.15, 0.2) is 6.61 Å². The molecule has 8 nitrogen and oxygen atoms in total. The van der Waals surface area contributed by atoms with Gasteiger partial charge < -0.3 is 15.0 Å². The number of fused-ring (bicyclic) bond motifs is 3. The number of nitrogens with zero attached hydrogens (tertiary/aromatic N) is 2. The average molecular weight is 401 g/mol. The summed E-state index contributed by atoms with van der Waals surface area (Å²) in [5.41, 5.74) is -0.805. The second-order valence-corrected chi connectivity index (χ2v) is 7.78. The van der Waals surface area contributed by atoms with E-state index in [1.165, 1.54) is 9.80 Å². The first kappa shape index (κ1) is 20.8. The molecule has 2 heterocycles. The number of rotatable bonds is 6. The van der Waals surface area contributed by atoms with E-state index in [2.05, 4.69) is 5.32 Å². The van der Waals surface area contributed by atoms with E-state index < -0.39 is 24.1 Å². The summed E-state index contributed by atoms with van der Waals surface area (Å²) in [6.45, 7) is 6.90. The Morgan fingerprint density at radius 3 is 2.55 bits per heavy atom. The molecule has 1 aromatic rings. The summed E-state index contributed by atoms with van der Waals surface area (Å²) in [4.78, 5) is 54.2. The zero-order chi connectivity index (χ0) is 21.3. The summed E-state index contributed by atoms with van der Waals surface area (Å²) < 4.78 is 5.35. The molecular weight excluding hydrogens is 374 g/mol. The predicted octanol–water partition coefficient (Wildman–Crippen LogP) is 1.83. The first-order chi connectivity index (χ1) is 13.7. The quantitative estimate of drug-likeness (QED) is 0.734. The largest absolute Gasteiger partial charge is 0.452 e. The van der Waals surface area contributed by atoms with Crippen LogP contribution in [0.5, 0.6) is 0 Å². The van der Waals surface area contributed by atoms with Crippen LogP contribution >= 0.6 is 0 Å². The summed E-state index contributed by atoms with van der Waals surface area (Å²) in [6, 6.07) is 6.35. The minimum Gasteiger partial charge on any atom is -0.452 e. The molecule has 0 bridgehead atoms. The number of carbonyl (C=O) groups is 4. The van der Waals surface area contributed by atoms with Crippen molar-refractivity contribution in [3.63, 3.8) is 0 Å². The molecule has 2 atom stereocenters. The fourth-order valence-electron chi connectivity index (χ4n) is 4.04. The number of hydrogen-bond donors (Lipinski definition) is 1. The predicted molar refractivity (Wildman–Crippen MR) is 106 cm³/mol. The van der Waals surface area contributed by atoms with E-state index >= 15 is 0 Å². The Hall–Kier alpha value is -2.90. The van der Waals surface area contributed by atoms with Crippen molar-refractivity contribution in [3.05, 3.63) is 29.8 Å². The van der Waals surface area contributed by atoms with Crippen molar-refractivity contribution in [2.24, 2.45) is 0 Å². The van der Waals surface area contributed by atoms with Gasteiger partial charge in [0.25, 0.3) is 11.8 Å². The van der Waals surface area contributed by atoms with Crippen molar-refractivity contribution in [2.75, 3.05) is 11.5 Å². The number of amides is 3. The molecule has 1 aromatic carbocycles. The number of ether oxygens (including phenoxy) is 1. The van der Waals surface area contributed by atoms with Crippen molar-refractivity contribution in [1.29, 1.82) is 0 Å². The van der Waals surface area contributed by atoms with E-state index in [4.69, 9.17) is 4.74 Å². The van der Waals surface area contributed by atoms with Crippen LogP contribution in [0.4, 0.5) is 5.69 Å². The van der Waals surface area contributed by atoms with E-state index in [1.54, 1.807) is 38.1 Å². The highest BCUT2D eigenvalue weighted by Gasteiger charge is 2.62. The summed E-state index contributed by atoms with van der Waals surface area (Å²) in [6.07, 6.45) is 0.979. The van der Waals surface area contributed by atoms with Crippen LogP contribution in [0.2, 0.25) is 0 Å². The van der Waals surface area contributed by atoms with Crippen LogP contribution in [0.1, 0.15) is 57.3 Å². The Morgan fingerprint density at radius 2 is 1.90 bits per heavy atom. The molecule has 1 fully saturated rings. The normalized spacial score (nSPS) is 21.7. The molecule has 3 rings (SSSR count). The molecule has 2 aliphatic heterocycles. The Bertz CT molecular complexity index is 852. The fourth-order valence-corrected chi connectivity index (χ4v) is 4.04. The molecule has 0 aromatic heterocycles. The van der Waals surface area contributed by atoms with Gasteiger partial charge in [0.1, 0.15) is 0 Å². The second kappa shape index (κ2) is 7.85. The van der Waals surface area contributed by atoms with Crippen molar-refractivity contribution in [2.45, 2.75) is 64.7 Å². The zero-order valence-corrected chi connectivity index (χ0v) is 17.2. The first-order valence-corrected chi connectivity index (χ1v) is 9.96. The van der Waals surface area contributed by atoms with Gasteiger partial charge in [-0.05, 0) is 39.3 Å². The highest BCUT2D eigenvalue weighted by molar-refractivity contribution is 6.15. The molecule has 0 saturated carbocycles. The lowest BCUT2D eigenvalue weighted by molar-refractivity contribution is -0.161. The van der Waals surface area contributed by atoms with Crippen molar-refractivity contribution < 1.29 is 23.9 Å². The summed E-state index contributed by atoms with van der Waals surface area (Å²) in [5.74, 6) is -1.77. The van der Waals surface area contributed by atoms with Crippen LogP contribution in [-0.2, 0) is 19.1 Å². The van der Waals surface area contributed by atoms with Gasteiger partial charge in [-0.3, -0.25) is 19.3 Å². The lowest BCUT2D eigenvalue weighted by atomic mass is 9.95. The topological polar surface area (TPSA) is 96.0 Å². The molecule has 0 unspecified atom stereocenters. The minimum atomic E-state index is -1.58. The van der Waals surface area contributed by atoms with Crippen molar-refractivity contribution in [3.8, 4) is 0 Å². The summed E-state index contributed by atoms with van der Waals surface area (Å²) in [5, 5.41) is 2.74. The average Bonchev–Trinajstić information content (AvgIpc) is 3.04. The summed E-state index contributed by atoms with van der Waals surface area (Å²) in [7, 11) is 0. The number of hydrogen-bond acceptors (Lipinski definition) is 5. The zero-order valence-electron chi connectivity index (χ0n) is 17.2. The lowest BCUT2D eigenvalue weighted by Gasteiger charge is -2.50. The fraction of sp³-hybridized carbons (Fsp3) is 0.524. The first-order valence-electron chi connectivity index (χ1n) is 9.96. The molecule has 0 aliphatic carbocycles. The number of anilines is 1. The maximum Gasteiger partial charge on any atom is 0.354 e.